The number of amides is 1. The fourth-order valence-electron chi connectivity index (χ4n) is 2.62. The normalized spacial score (nSPS) is 21.8. The molecule has 1 fully saturated rings. The number of nitrogens with zero attached hydrogens (tertiary/aromatic N) is 1. The number of likely N-dealkylation sites (tertiary alicyclic amines) is 1. The Morgan fingerprint density at radius 1 is 1.27 bits per heavy atom. The average Bonchev–Trinajstić information content (AvgIpc) is 2.55. The van der Waals surface area contributed by atoms with Crippen molar-refractivity contribution in [3.63, 3.8) is 0 Å². The number of ether oxygens (including phenoxy) is 1. The summed E-state index contributed by atoms with van der Waals surface area (Å²) < 4.78 is 18.7. The van der Waals surface area contributed by atoms with Gasteiger partial charge in [-0.15, -0.1) is 0 Å². The molecule has 0 radical (unpaired) electrons. The molecule has 2 aromatic rings. The van der Waals surface area contributed by atoms with Crippen molar-refractivity contribution in [2.75, 3.05) is 13.1 Å². The van der Waals surface area contributed by atoms with Crippen LogP contribution in [0, 0.1) is 0 Å². The van der Waals surface area contributed by atoms with Crippen molar-refractivity contribution in [3.8, 4) is 0 Å². The van der Waals surface area contributed by atoms with Crippen LogP contribution in [-0.4, -0.2) is 41.5 Å². The number of hydrogen-bond acceptors (Lipinski definition) is 3. The molecule has 1 amide bonds. The number of aliphatic hydroxyl groups is 1. The maximum Gasteiger partial charge on any atom is 0.410 e. The first kappa shape index (κ1) is 14.8. The summed E-state index contributed by atoms with van der Waals surface area (Å²) in [4.78, 5) is 13.2. The summed E-state index contributed by atoms with van der Waals surface area (Å²) in [5.74, 6) is 0. The van der Waals surface area contributed by atoms with E-state index in [1.807, 2.05) is 42.5 Å². The van der Waals surface area contributed by atoms with Gasteiger partial charge in [0, 0.05) is 6.54 Å². The SMILES string of the molecule is O=C(OCc1ccc2ccccc2c1)N1CC[C@H](O)[C@H](F)C1. The Balaban J connectivity index is 1.60. The van der Waals surface area contributed by atoms with Gasteiger partial charge in [-0.3, -0.25) is 0 Å². The number of fused-ring (bicyclic) bond motifs is 1. The topological polar surface area (TPSA) is 49.8 Å². The maximum atomic E-state index is 13.4. The molecule has 116 valence electrons. The van der Waals surface area contributed by atoms with Gasteiger partial charge in [-0.25, -0.2) is 9.18 Å². The second-order valence-electron chi connectivity index (χ2n) is 5.55. The van der Waals surface area contributed by atoms with Gasteiger partial charge >= 0.3 is 6.09 Å². The van der Waals surface area contributed by atoms with E-state index in [2.05, 4.69) is 0 Å². The van der Waals surface area contributed by atoms with Crippen LogP contribution >= 0.6 is 0 Å². The molecule has 0 bridgehead atoms. The number of carbonyl (C=O) groups excluding carboxylic acids is 1. The monoisotopic (exact) mass is 303 g/mol. The molecule has 2 atom stereocenters. The highest BCUT2D eigenvalue weighted by atomic mass is 19.1. The molecule has 2 aromatic carbocycles. The minimum Gasteiger partial charge on any atom is -0.445 e. The van der Waals surface area contributed by atoms with Gasteiger partial charge in [0.1, 0.15) is 12.8 Å². The highest BCUT2D eigenvalue weighted by Crippen LogP contribution is 2.18. The summed E-state index contributed by atoms with van der Waals surface area (Å²) in [5, 5.41) is 11.5. The molecule has 1 aliphatic heterocycles. The van der Waals surface area contributed by atoms with Crippen LogP contribution < -0.4 is 0 Å². The molecule has 1 saturated heterocycles. The summed E-state index contributed by atoms with van der Waals surface area (Å²) in [6.07, 6.45) is -2.68. The van der Waals surface area contributed by atoms with Crippen LogP contribution in [0.25, 0.3) is 10.8 Å². The maximum absolute atomic E-state index is 13.4. The van der Waals surface area contributed by atoms with Gasteiger partial charge in [0.05, 0.1) is 12.6 Å². The molecule has 1 aliphatic rings. The fourth-order valence-corrected chi connectivity index (χ4v) is 2.62. The van der Waals surface area contributed by atoms with Gasteiger partial charge in [-0.2, -0.15) is 0 Å². The van der Waals surface area contributed by atoms with Crippen LogP contribution in [0.5, 0.6) is 0 Å². The number of alkyl halides is 1. The lowest BCUT2D eigenvalue weighted by molar-refractivity contribution is 0.00255. The van der Waals surface area contributed by atoms with Crippen LogP contribution in [0.2, 0.25) is 0 Å². The highest BCUT2D eigenvalue weighted by molar-refractivity contribution is 5.83. The van der Waals surface area contributed by atoms with Crippen LogP contribution in [0.4, 0.5) is 9.18 Å². The second-order valence-corrected chi connectivity index (χ2v) is 5.55. The van der Waals surface area contributed by atoms with E-state index in [4.69, 9.17) is 4.74 Å². The molecule has 0 saturated carbocycles. The number of hydrogen-bond donors (Lipinski definition) is 1. The van der Waals surface area contributed by atoms with Crippen molar-refractivity contribution < 1.29 is 19.0 Å². The Morgan fingerprint density at radius 2 is 2.05 bits per heavy atom. The van der Waals surface area contributed by atoms with E-state index in [1.165, 1.54) is 4.90 Å². The zero-order valence-electron chi connectivity index (χ0n) is 12.1. The van der Waals surface area contributed by atoms with E-state index in [0.717, 1.165) is 16.3 Å². The van der Waals surface area contributed by atoms with Crippen LogP contribution in [0.1, 0.15) is 12.0 Å². The van der Waals surface area contributed by atoms with Gasteiger partial charge in [-0.1, -0.05) is 36.4 Å². The van der Waals surface area contributed by atoms with Crippen molar-refractivity contribution in [3.05, 3.63) is 48.0 Å². The molecule has 5 heteroatoms. The molecular weight excluding hydrogens is 285 g/mol. The molecular formula is C17H18FNO3. The lowest BCUT2D eigenvalue weighted by atomic mass is 10.1. The Bertz CT molecular complexity index is 676. The molecule has 0 aromatic heterocycles. The number of aliphatic hydroxyl groups excluding tert-OH is 1. The zero-order chi connectivity index (χ0) is 15.5. The van der Waals surface area contributed by atoms with E-state index in [0.29, 0.717) is 6.54 Å². The van der Waals surface area contributed by atoms with E-state index in [9.17, 15) is 14.3 Å². The number of halogens is 1. The minimum atomic E-state index is -1.40. The van der Waals surface area contributed by atoms with Gasteiger partial charge in [0.2, 0.25) is 0 Å². The minimum absolute atomic E-state index is 0.113. The van der Waals surface area contributed by atoms with Crippen molar-refractivity contribution in [2.45, 2.75) is 25.3 Å². The number of benzene rings is 2. The Labute approximate surface area is 128 Å². The van der Waals surface area contributed by atoms with E-state index < -0.39 is 18.4 Å². The average molecular weight is 303 g/mol. The first-order chi connectivity index (χ1) is 10.6. The van der Waals surface area contributed by atoms with Gasteiger partial charge in [-0.05, 0) is 28.8 Å². The molecule has 1 N–H and O–H groups in total. The molecule has 0 unspecified atom stereocenters. The molecule has 22 heavy (non-hydrogen) atoms. The Morgan fingerprint density at radius 3 is 2.82 bits per heavy atom. The van der Waals surface area contributed by atoms with E-state index in [-0.39, 0.29) is 19.6 Å². The number of rotatable bonds is 2. The fraction of sp³-hybridized carbons (Fsp3) is 0.353. The second kappa shape index (κ2) is 6.32. The lowest BCUT2D eigenvalue weighted by Gasteiger charge is -2.31. The third kappa shape index (κ3) is 3.20. The summed E-state index contributed by atoms with van der Waals surface area (Å²) in [6, 6.07) is 13.8. The first-order valence-corrected chi connectivity index (χ1v) is 7.35. The lowest BCUT2D eigenvalue weighted by Crippen LogP contribution is -2.47. The summed E-state index contributed by atoms with van der Waals surface area (Å²) >= 11 is 0. The highest BCUT2D eigenvalue weighted by Gasteiger charge is 2.30. The molecule has 0 aliphatic carbocycles. The quantitative estimate of drug-likeness (QED) is 0.928. The van der Waals surface area contributed by atoms with Crippen molar-refractivity contribution in [1.29, 1.82) is 0 Å². The predicted molar refractivity (Wildman–Crippen MR) is 81.2 cm³/mol. The molecule has 1 heterocycles. The third-order valence-electron chi connectivity index (χ3n) is 3.94. The van der Waals surface area contributed by atoms with Crippen molar-refractivity contribution >= 4 is 16.9 Å². The van der Waals surface area contributed by atoms with Gasteiger partial charge in [0.25, 0.3) is 0 Å². The molecule has 4 nitrogen and oxygen atoms in total. The van der Waals surface area contributed by atoms with E-state index >= 15 is 0 Å². The number of piperidine rings is 1. The van der Waals surface area contributed by atoms with Gasteiger partial charge in [0.15, 0.2) is 0 Å². The summed E-state index contributed by atoms with van der Waals surface area (Å²) in [7, 11) is 0. The smallest absolute Gasteiger partial charge is 0.410 e. The third-order valence-corrected chi connectivity index (χ3v) is 3.94. The summed E-state index contributed by atoms with van der Waals surface area (Å²) in [5.41, 5.74) is 0.890. The predicted octanol–water partition coefficient (Wildman–Crippen LogP) is 2.88. The largest absolute Gasteiger partial charge is 0.445 e. The van der Waals surface area contributed by atoms with Gasteiger partial charge < -0.3 is 14.7 Å². The summed E-state index contributed by atoms with van der Waals surface area (Å²) in [6.45, 7) is 0.357. The van der Waals surface area contributed by atoms with Crippen LogP contribution in [-0.2, 0) is 11.3 Å². The van der Waals surface area contributed by atoms with Crippen LogP contribution in [0.3, 0.4) is 0 Å². The number of carbonyl (C=O) groups is 1. The first-order valence-electron chi connectivity index (χ1n) is 7.35. The Kier molecular flexibility index (Phi) is 4.24. The Hall–Kier alpha value is -2.14. The van der Waals surface area contributed by atoms with Crippen molar-refractivity contribution in [2.24, 2.45) is 0 Å². The zero-order valence-corrected chi connectivity index (χ0v) is 12.1. The molecule has 0 spiro atoms. The van der Waals surface area contributed by atoms with Crippen LogP contribution in [0.15, 0.2) is 42.5 Å². The standard InChI is InChI=1S/C17H18FNO3/c18-15-10-19(8-7-16(15)20)17(21)22-11-12-5-6-13-3-1-2-4-14(13)9-12/h1-6,9,15-16,20H,7-8,10-11H2/t15-,16+/m1/s1. The van der Waals surface area contributed by atoms with E-state index in [1.54, 1.807) is 0 Å². The van der Waals surface area contributed by atoms with Crippen molar-refractivity contribution in [1.82, 2.24) is 4.90 Å². The molecule has 3 rings (SSSR count).